The summed E-state index contributed by atoms with van der Waals surface area (Å²) in [5.74, 6) is 1.78. The molecule has 2 aromatic rings. The fourth-order valence-electron chi connectivity index (χ4n) is 2.51. The second-order valence-corrected chi connectivity index (χ2v) is 6.49. The Morgan fingerprint density at radius 1 is 1.09 bits per heavy atom. The number of rotatable bonds is 3. The van der Waals surface area contributed by atoms with Crippen LogP contribution in [0, 0.1) is 5.82 Å². The Morgan fingerprint density at radius 2 is 1.78 bits per heavy atom. The Labute approximate surface area is 143 Å². The van der Waals surface area contributed by atoms with E-state index in [1.807, 2.05) is 36.0 Å². The van der Waals surface area contributed by atoms with Gasteiger partial charge in [-0.15, -0.1) is 10.2 Å². The number of nitrogens with zero attached hydrogens (tertiary/aromatic N) is 6. The quantitative estimate of drug-likeness (QED) is 0.812. The second-order valence-electron chi connectivity index (χ2n) is 5.58. The van der Waals surface area contributed by atoms with E-state index in [9.17, 15) is 4.39 Å². The van der Waals surface area contributed by atoms with Crippen molar-refractivity contribution in [2.45, 2.75) is 0 Å². The molecule has 0 unspecified atom stereocenters. The minimum atomic E-state index is -0.303. The lowest BCUT2D eigenvalue weighted by Gasteiger charge is -2.35. The van der Waals surface area contributed by atoms with Gasteiger partial charge in [0.05, 0.1) is 0 Å². The highest BCUT2D eigenvalue weighted by Crippen LogP contribution is 2.22. The molecule has 122 valence electrons. The Kier molecular flexibility index (Phi) is 4.61. The molecule has 2 aromatic heterocycles. The predicted molar refractivity (Wildman–Crippen MR) is 92.7 cm³/mol. The van der Waals surface area contributed by atoms with Crippen molar-refractivity contribution in [3.63, 3.8) is 0 Å². The molecule has 1 aliphatic rings. The third-order valence-electron chi connectivity index (χ3n) is 3.79. The van der Waals surface area contributed by atoms with Gasteiger partial charge >= 0.3 is 0 Å². The number of hydrogen-bond donors (Lipinski definition) is 0. The molecule has 0 aromatic carbocycles. The van der Waals surface area contributed by atoms with Crippen molar-refractivity contribution in [3.05, 3.63) is 34.7 Å². The van der Waals surface area contributed by atoms with Gasteiger partial charge in [-0.3, -0.25) is 0 Å². The minimum Gasteiger partial charge on any atom is -0.361 e. The van der Waals surface area contributed by atoms with E-state index < -0.39 is 0 Å². The fourth-order valence-corrected chi connectivity index (χ4v) is 2.82. The first kappa shape index (κ1) is 15.9. The van der Waals surface area contributed by atoms with E-state index in [0.717, 1.165) is 24.7 Å². The summed E-state index contributed by atoms with van der Waals surface area (Å²) in [7, 11) is 3.87. The maximum atomic E-state index is 14.0. The van der Waals surface area contributed by atoms with Crippen LogP contribution in [0.3, 0.4) is 0 Å². The Hall–Kier alpha value is -1.96. The van der Waals surface area contributed by atoms with E-state index in [-0.39, 0.29) is 5.82 Å². The first-order valence-corrected chi connectivity index (χ1v) is 8.16. The van der Waals surface area contributed by atoms with Crippen molar-refractivity contribution in [1.82, 2.24) is 15.2 Å². The van der Waals surface area contributed by atoms with Crippen LogP contribution >= 0.6 is 15.9 Å². The van der Waals surface area contributed by atoms with Crippen molar-refractivity contribution in [2.24, 2.45) is 0 Å². The Bertz CT molecular complexity index is 670. The van der Waals surface area contributed by atoms with Crippen LogP contribution in [0.15, 0.2) is 28.9 Å². The van der Waals surface area contributed by atoms with Gasteiger partial charge in [0.15, 0.2) is 23.3 Å². The lowest BCUT2D eigenvalue weighted by molar-refractivity contribution is 0.585. The van der Waals surface area contributed by atoms with E-state index in [1.54, 1.807) is 6.20 Å². The van der Waals surface area contributed by atoms with Crippen LogP contribution in [-0.2, 0) is 0 Å². The minimum absolute atomic E-state index is 0.303. The summed E-state index contributed by atoms with van der Waals surface area (Å²) in [6.07, 6.45) is 1.62. The van der Waals surface area contributed by atoms with Crippen LogP contribution in [0.25, 0.3) is 0 Å². The molecule has 1 saturated heterocycles. The number of aromatic nitrogens is 3. The molecule has 23 heavy (non-hydrogen) atoms. The van der Waals surface area contributed by atoms with Crippen LogP contribution in [0.5, 0.6) is 0 Å². The highest BCUT2D eigenvalue weighted by atomic mass is 79.9. The SMILES string of the molecule is CN(C)c1ccc(N2CCN(c3ncc(Br)cc3F)CC2)nn1. The van der Waals surface area contributed by atoms with E-state index in [4.69, 9.17) is 0 Å². The molecule has 0 amide bonds. The zero-order chi connectivity index (χ0) is 16.4. The molecule has 1 fully saturated rings. The number of anilines is 3. The van der Waals surface area contributed by atoms with E-state index in [0.29, 0.717) is 23.4 Å². The van der Waals surface area contributed by atoms with Crippen molar-refractivity contribution in [2.75, 3.05) is 55.0 Å². The van der Waals surface area contributed by atoms with Crippen LogP contribution < -0.4 is 14.7 Å². The van der Waals surface area contributed by atoms with Gasteiger partial charge in [-0.05, 0) is 34.1 Å². The molecule has 0 radical (unpaired) electrons. The van der Waals surface area contributed by atoms with Gasteiger partial charge in [-0.25, -0.2) is 9.37 Å². The summed E-state index contributed by atoms with van der Waals surface area (Å²) in [4.78, 5) is 10.2. The topological polar surface area (TPSA) is 48.4 Å². The molecule has 0 saturated carbocycles. The third kappa shape index (κ3) is 3.52. The molecule has 3 rings (SSSR count). The number of pyridine rings is 1. The first-order chi connectivity index (χ1) is 11.0. The molecule has 0 spiro atoms. The lowest BCUT2D eigenvalue weighted by atomic mass is 10.3. The zero-order valence-electron chi connectivity index (χ0n) is 13.1. The van der Waals surface area contributed by atoms with Gasteiger partial charge in [0.1, 0.15) is 0 Å². The van der Waals surface area contributed by atoms with Gasteiger partial charge in [0, 0.05) is 50.9 Å². The summed E-state index contributed by atoms with van der Waals surface area (Å²) in [5, 5.41) is 8.47. The molecular formula is C15H18BrFN6. The molecule has 0 atom stereocenters. The van der Waals surface area contributed by atoms with Crippen LogP contribution in [0.4, 0.5) is 21.8 Å². The third-order valence-corrected chi connectivity index (χ3v) is 4.22. The highest BCUT2D eigenvalue weighted by Gasteiger charge is 2.21. The van der Waals surface area contributed by atoms with Crippen molar-refractivity contribution < 1.29 is 4.39 Å². The molecular weight excluding hydrogens is 363 g/mol. The summed E-state index contributed by atoms with van der Waals surface area (Å²) in [6, 6.07) is 5.36. The van der Waals surface area contributed by atoms with E-state index in [1.165, 1.54) is 6.07 Å². The molecule has 0 bridgehead atoms. The zero-order valence-corrected chi connectivity index (χ0v) is 14.7. The van der Waals surface area contributed by atoms with Crippen LogP contribution in [0.1, 0.15) is 0 Å². The van der Waals surface area contributed by atoms with E-state index >= 15 is 0 Å². The molecule has 8 heteroatoms. The maximum absolute atomic E-state index is 14.0. The average Bonchev–Trinajstić information content (AvgIpc) is 2.55. The highest BCUT2D eigenvalue weighted by molar-refractivity contribution is 9.10. The molecule has 6 nitrogen and oxygen atoms in total. The summed E-state index contributed by atoms with van der Waals surface area (Å²) in [5.41, 5.74) is 0. The summed E-state index contributed by atoms with van der Waals surface area (Å²) >= 11 is 3.23. The monoisotopic (exact) mass is 380 g/mol. The number of hydrogen-bond acceptors (Lipinski definition) is 6. The summed E-state index contributed by atoms with van der Waals surface area (Å²) in [6.45, 7) is 2.91. The molecule has 3 heterocycles. The van der Waals surface area contributed by atoms with Gasteiger partial charge < -0.3 is 14.7 Å². The van der Waals surface area contributed by atoms with Crippen molar-refractivity contribution >= 4 is 33.4 Å². The number of piperazine rings is 1. The first-order valence-electron chi connectivity index (χ1n) is 7.36. The van der Waals surface area contributed by atoms with Crippen LogP contribution in [-0.4, -0.2) is 55.5 Å². The lowest BCUT2D eigenvalue weighted by Crippen LogP contribution is -2.47. The largest absolute Gasteiger partial charge is 0.361 e. The van der Waals surface area contributed by atoms with Gasteiger partial charge in [-0.2, -0.15) is 0 Å². The van der Waals surface area contributed by atoms with Crippen LogP contribution in [0.2, 0.25) is 0 Å². The Morgan fingerprint density at radius 3 is 2.35 bits per heavy atom. The molecule has 1 aliphatic heterocycles. The van der Waals surface area contributed by atoms with Crippen molar-refractivity contribution in [1.29, 1.82) is 0 Å². The van der Waals surface area contributed by atoms with Gasteiger partial charge in [0.25, 0.3) is 0 Å². The molecule has 0 aliphatic carbocycles. The molecule has 0 N–H and O–H groups in total. The van der Waals surface area contributed by atoms with Crippen molar-refractivity contribution in [3.8, 4) is 0 Å². The average molecular weight is 381 g/mol. The van der Waals surface area contributed by atoms with Gasteiger partial charge in [-0.1, -0.05) is 0 Å². The maximum Gasteiger partial charge on any atom is 0.166 e. The summed E-state index contributed by atoms with van der Waals surface area (Å²) < 4.78 is 14.6. The standard InChI is InChI=1S/C15H18BrFN6/c1-21(2)13-3-4-14(20-19-13)22-5-7-23(8-6-22)15-12(17)9-11(16)10-18-15/h3-4,9-10H,5-8H2,1-2H3. The smallest absolute Gasteiger partial charge is 0.166 e. The fraction of sp³-hybridized carbons (Fsp3) is 0.400. The van der Waals surface area contributed by atoms with E-state index in [2.05, 4.69) is 36.0 Å². The second kappa shape index (κ2) is 6.66. The Balaban J connectivity index is 1.66. The van der Waals surface area contributed by atoms with Gasteiger partial charge in [0.2, 0.25) is 0 Å². The number of halogens is 2. The predicted octanol–water partition coefficient (Wildman–Crippen LogP) is 2.17. The normalized spacial score (nSPS) is 15.0.